The maximum atomic E-state index is 11.4. The second-order valence-electron chi connectivity index (χ2n) is 4.40. The number of imidazole rings is 1. The molecular weight excluding hydrogens is 238 g/mol. The summed E-state index contributed by atoms with van der Waals surface area (Å²) in [5, 5.41) is 3.13. The second kappa shape index (κ2) is 7.56. The quantitative estimate of drug-likeness (QED) is 0.864. The highest BCUT2D eigenvalue weighted by Crippen LogP contribution is 2.13. The summed E-state index contributed by atoms with van der Waals surface area (Å²) < 4.78 is 0. The predicted molar refractivity (Wildman–Crippen MR) is 80.4 cm³/mol. The van der Waals surface area contributed by atoms with Gasteiger partial charge in [-0.1, -0.05) is 39.8 Å². The Labute approximate surface area is 114 Å². The van der Waals surface area contributed by atoms with E-state index in [1.165, 1.54) is 0 Å². The molecule has 1 aromatic carbocycles. The van der Waals surface area contributed by atoms with Gasteiger partial charge in [0.25, 0.3) is 0 Å². The van der Waals surface area contributed by atoms with Gasteiger partial charge in [0, 0.05) is 18.9 Å². The van der Waals surface area contributed by atoms with Crippen molar-refractivity contribution in [3.8, 4) is 0 Å². The van der Waals surface area contributed by atoms with Crippen molar-refractivity contribution in [2.45, 2.75) is 34.1 Å². The van der Waals surface area contributed by atoms with Crippen LogP contribution in [0, 0.1) is 5.92 Å². The molecule has 2 N–H and O–H groups in total. The minimum atomic E-state index is 0.104. The molecule has 1 heterocycles. The van der Waals surface area contributed by atoms with Crippen molar-refractivity contribution in [3.63, 3.8) is 0 Å². The molecule has 0 bridgehead atoms. The number of rotatable bonds is 5. The van der Waals surface area contributed by atoms with Crippen molar-refractivity contribution in [3.05, 3.63) is 24.3 Å². The summed E-state index contributed by atoms with van der Waals surface area (Å²) in [5.41, 5.74) is 1.94. The zero-order valence-corrected chi connectivity index (χ0v) is 12.2. The molecule has 0 atom stereocenters. The summed E-state index contributed by atoms with van der Waals surface area (Å²) in [6.07, 6.45) is 0.536. The number of para-hydroxylation sites is 2. The first-order chi connectivity index (χ1) is 9.16. The molecule has 0 saturated heterocycles. The topological polar surface area (TPSA) is 57.8 Å². The number of nitrogens with one attached hydrogen (secondary N) is 2. The van der Waals surface area contributed by atoms with E-state index >= 15 is 0 Å². The Morgan fingerprint density at radius 1 is 1.32 bits per heavy atom. The van der Waals surface area contributed by atoms with Crippen LogP contribution in [0.5, 0.6) is 0 Å². The average molecular weight is 261 g/mol. The average Bonchev–Trinajstić information content (AvgIpc) is 2.83. The molecule has 0 amide bonds. The van der Waals surface area contributed by atoms with E-state index in [0.717, 1.165) is 17.0 Å². The van der Waals surface area contributed by atoms with Gasteiger partial charge < -0.3 is 10.3 Å². The lowest BCUT2D eigenvalue weighted by molar-refractivity contribution is -0.121. The highest BCUT2D eigenvalue weighted by Gasteiger charge is 2.07. The summed E-state index contributed by atoms with van der Waals surface area (Å²) in [6, 6.07) is 7.85. The SMILES string of the molecule is CC.CC(C)C(=O)CCNc1nc2ccccc2[nH]1. The Morgan fingerprint density at radius 2 is 2.00 bits per heavy atom. The van der Waals surface area contributed by atoms with E-state index in [2.05, 4.69) is 15.3 Å². The van der Waals surface area contributed by atoms with Gasteiger partial charge in [-0.25, -0.2) is 4.98 Å². The number of benzene rings is 1. The summed E-state index contributed by atoms with van der Waals surface area (Å²) in [5.74, 6) is 1.10. The zero-order valence-electron chi connectivity index (χ0n) is 12.2. The van der Waals surface area contributed by atoms with Crippen LogP contribution in [0.4, 0.5) is 5.95 Å². The lowest BCUT2D eigenvalue weighted by atomic mass is 10.1. The molecule has 0 aliphatic rings. The number of aromatic amines is 1. The number of Topliss-reactive ketones (excluding diaryl/α,β-unsaturated/α-hetero) is 1. The third-order valence-corrected chi connectivity index (χ3v) is 2.70. The fraction of sp³-hybridized carbons (Fsp3) is 0.467. The zero-order chi connectivity index (χ0) is 14.3. The first kappa shape index (κ1) is 15.2. The highest BCUT2D eigenvalue weighted by molar-refractivity contribution is 5.81. The van der Waals surface area contributed by atoms with Crippen molar-refractivity contribution >= 4 is 22.8 Å². The van der Waals surface area contributed by atoms with E-state index in [1.54, 1.807) is 0 Å². The largest absolute Gasteiger partial charge is 0.355 e. The van der Waals surface area contributed by atoms with Gasteiger partial charge >= 0.3 is 0 Å². The van der Waals surface area contributed by atoms with Crippen LogP contribution in [0.3, 0.4) is 0 Å². The molecule has 0 aliphatic carbocycles. The van der Waals surface area contributed by atoms with E-state index in [1.807, 2.05) is 52.0 Å². The number of hydrogen-bond donors (Lipinski definition) is 2. The van der Waals surface area contributed by atoms with E-state index in [0.29, 0.717) is 13.0 Å². The van der Waals surface area contributed by atoms with Gasteiger partial charge in [-0.2, -0.15) is 0 Å². The van der Waals surface area contributed by atoms with Crippen molar-refractivity contribution in [2.24, 2.45) is 5.92 Å². The molecule has 104 valence electrons. The second-order valence-corrected chi connectivity index (χ2v) is 4.40. The summed E-state index contributed by atoms with van der Waals surface area (Å²) >= 11 is 0. The number of ketones is 1. The number of fused-ring (bicyclic) bond motifs is 1. The van der Waals surface area contributed by atoms with Crippen LogP contribution in [0.25, 0.3) is 11.0 Å². The molecule has 0 radical (unpaired) electrons. The van der Waals surface area contributed by atoms with E-state index < -0.39 is 0 Å². The number of H-pyrrole nitrogens is 1. The van der Waals surface area contributed by atoms with Crippen LogP contribution < -0.4 is 5.32 Å². The van der Waals surface area contributed by atoms with E-state index in [-0.39, 0.29) is 11.7 Å². The Balaban J connectivity index is 0.000000861. The minimum absolute atomic E-state index is 0.104. The van der Waals surface area contributed by atoms with Crippen LogP contribution in [-0.4, -0.2) is 22.3 Å². The molecule has 4 heteroatoms. The molecule has 2 rings (SSSR count). The maximum absolute atomic E-state index is 11.4. The third kappa shape index (κ3) is 4.39. The Kier molecular flexibility index (Phi) is 6.06. The van der Waals surface area contributed by atoms with Crippen LogP contribution in [0.2, 0.25) is 0 Å². The van der Waals surface area contributed by atoms with Crippen LogP contribution in [0.15, 0.2) is 24.3 Å². The van der Waals surface area contributed by atoms with Gasteiger partial charge in [0.05, 0.1) is 11.0 Å². The van der Waals surface area contributed by atoms with E-state index in [4.69, 9.17) is 0 Å². The van der Waals surface area contributed by atoms with Gasteiger partial charge in [0.15, 0.2) is 0 Å². The molecule has 0 aliphatic heterocycles. The first-order valence-electron chi connectivity index (χ1n) is 6.88. The van der Waals surface area contributed by atoms with Crippen molar-refractivity contribution in [1.82, 2.24) is 9.97 Å². The summed E-state index contributed by atoms with van der Waals surface area (Å²) in [4.78, 5) is 19.0. The summed E-state index contributed by atoms with van der Waals surface area (Å²) in [7, 11) is 0. The van der Waals surface area contributed by atoms with Gasteiger partial charge in [0.1, 0.15) is 5.78 Å². The fourth-order valence-corrected chi connectivity index (χ4v) is 1.63. The smallest absolute Gasteiger partial charge is 0.201 e. The molecule has 19 heavy (non-hydrogen) atoms. The Hall–Kier alpha value is -1.84. The molecule has 2 aromatic rings. The van der Waals surface area contributed by atoms with Crippen LogP contribution in [0.1, 0.15) is 34.1 Å². The number of hydrogen-bond acceptors (Lipinski definition) is 3. The highest BCUT2D eigenvalue weighted by atomic mass is 16.1. The van der Waals surface area contributed by atoms with Crippen molar-refractivity contribution in [1.29, 1.82) is 0 Å². The molecule has 1 aromatic heterocycles. The molecule has 4 nitrogen and oxygen atoms in total. The standard InChI is InChI=1S/C13H17N3O.C2H6/c1-9(2)12(17)7-8-14-13-15-10-5-3-4-6-11(10)16-13;1-2/h3-6,9H,7-8H2,1-2H3,(H2,14,15,16);1-2H3. The van der Waals surface area contributed by atoms with Crippen LogP contribution in [-0.2, 0) is 4.79 Å². The van der Waals surface area contributed by atoms with E-state index in [9.17, 15) is 4.79 Å². The Morgan fingerprint density at radius 3 is 2.63 bits per heavy atom. The number of carbonyl (C=O) groups excluding carboxylic acids is 1. The lowest BCUT2D eigenvalue weighted by Crippen LogP contribution is -2.13. The molecule has 0 saturated carbocycles. The molecular formula is C15H23N3O. The van der Waals surface area contributed by atoms with Gasteiger partial charge in [-0.15, -0.1) is 0 Å². The maximum Gasteiger partial charge on any atom is 0.201 e. The first-order valence-corrected chi connectivity index (χ1v) is 6.88. The third-order valence-electron chi connectivity index (χ3n) is 2.70. The number of anilines is 1. The Bertz CT molecular complexity index is 484. The normalized spacial score (nSPS) is 10.2. The fourth-order valence-electron chi connectivity index (χ4n) is 1.63. The predicted octanol–water partition coefficient (Wildman–Crippen LogP) is 3.62. The number of aromatic nitrogens is 2. The monoisotopic (exact) mass is 261 g/mol. The van der Waals surface area contributed by atoms with Gasteiger partial charge in [-0.3, -0.25) is 4.79 Å². The number of carbonyl (C=O) groups is 1. The van der Waals surface area contributed by atoms with Gasteiger partial charge in [-0.05, 0) is 12.1 Å². The van der Waals surface area contributed by atoms with Gasteiger partial charge in [0.2, 0.25) is 5.95 Å². The molecule has 0 spiro atoms. The van der Waals surface area contributed by atoms with Crippen molar-refractivity contribution < 1.29 is 4.79 Å². The lowest BCUT2D eigenvalue weighted by Gasteiger charge is -2.04. The summed E-state index contributed by atoms with van der Waals surface area (Å²) in [6.45, 7) is 8.46. The van der Waals surface area contributed by atoms with Crippen molar-refractivity contribution in [2.75, 3.05) is 11.9 Å². The number of nitrogens with zero attached hydrogens (tertiary/aromatic N) is 1. The molecule has 0 unspecified atom stereocenters. The molecule has 0 fully saturated rings. The minimum Gasteiger partial charge on any atom is -0.355 e. The van der Waals surface area contributed by atoms with Crippen LogP contribution >= 0.6 is 0 Å².